The van der Waals surface area contributed by atoms with Gasteiger partial charge in [-0.1, -0.05) is 0 Å². The Hall–Kier alpha value is -0.710. The monoisotopic (exact) mass is 340 g/mol. The number of carboxylic acids is 1. The number of rotatable bonds is 4. The van der Waals surface area contributed by atoms with Crippen molar-refractivity contribution in [1.29, 1.82) is 0 Å². The van der Waals surface area contributed by atoms with Crippen molar-refractivity contribution >= 4 is 26.0 Å². The molecule has 2 atom stereocenters. The molecule has 0 radical (unpaired) electrons. The second kappa shape index (κ2) is 5.82. The van der Waals surface area contributed by atoms with E-state index in [0.29, 0.717) is 12.8 Å². The highest BCUT2D eigenvalue weighted by Gasteiger charge is 2.40. The Morgan fingerprint density at radius 1 is 1.33 bits per heavy atom. The van der Waals surface area contributed by atoms with Gasteiger partial charge in [0.2, 0.25) is 0 Å². The summed E-state index contributed by atoms with van der Waals surface area (Å²) in [5.41, 5.74) is 0. The number of aliphatic carboxylic acids is 1. The molecule has 0 saturated carbocycles. The van der Waals surface area contributed by atoms with E-state index in [1.54, 1.807) is 0 Å². The standard InChI is InChI=1S/C11H20N2O6S2/c1-12(10-4-6-20(16,17)8-10)21(18,19)13-5-2-3-9(7-13)11(14)15/h9-10H,2-8H2,1H3,(H,14,15). The maximum absolute atomic E-state index is 12.5. The molecule has 0 amide bonds. The molecule has 0 aromatic rings. The first kappa shape index (κ1) is 16.7. The van der Waals surface area contributed by atoms with Crippen molar-refractivity contribution in [3.8, 4) is 0 Å². The highest BCUT2D eigenvalue weighted by atomic mass is 32.2. The van der Waals surface area contributed by atoms with E-state index in [0.717, 1.165) is 8.61 Å². The highest BCUT2D eigenvalue weighted by Crippen LogP contribution is 2.25. The van der Waals surface area contributed by atoms with Gasteiger partial charge in [-0.3, -0.25) is 4.79 Å². The van der Waals surface area contributed by atoms with Crippen molar-refractivity contribution in [3.63, 3.8) is 0 Å². The smallest absolute Gasteiger partial charge is 0.307 e. The summed E-state index contributed by atoms with van der Waals surface area (Å²) < 4.78 is 50.2. The minimum atomic E-state index is -3.82. The maximum Gasteiger partial charge on any atom is 0.307 e. The molecule has 2 heterocycles. The molecule has 10 heteroatoms. The number of piperidine rings is 1. The van der Waals surface area contributed by atoms with E-state index in [9.17, 15) is 21.6 Å². The maximum atomic E-state index is 12.5. The fourth-order valence-electron chi connectivity index (χ4n) is 2.79. The third-order valence-corrected chi connectivity index (χ3v) is 7.91. The molecular weight excluding hydrogens is 320 g/mol. The lowest BCUT2D eigenvalue weighted by atomic mass is 10.0. The summed E-state index contributed by atoms with van der Waals surface area (Å²) in [5.74, 6) is -1.87. The molecule has 0 bridgehead atoms. The number of hydrogen-bond donors (Lipinski definition) is 1. The first-order valence-electron chi connectivity index (χ1n) is 6.80. The summed E-state index contributed by atoms with van der Waals surface area (Å²) in [7, 11) is -5.63. The second-order valence-corrected chi connectivity index (χ2v) is 9.83. The molecule has 2 aliphatic rings. The Labute approximate surface area is 124 Å². The number of sulfone groups is 1. The van der Waals surface area contributed by atoms with Gasteiger partial charge in [0.05, 0.1) is 17.4 Å². The fourth-order valence-corrected chi connectivity index (χ4v) is 6.30. The van der Waals surface area contributed by atoms with E-state index in [1.165, 1.54) is 7.05 Å². The van der Waals surface area contributed by atoms with E-state index in [-0.39, 0.29) is 31.0 Å². The number of nitrogens with zero attached hydrogens (tertiary/aromatic N) is 2. The summed E-state index contributed by atoms with van der Waals surface area (Å²) in [5, 5.41) is 9.03. The summed E-state index contributed by atoms with van der Waals surface area (Å²) in [4.78, 5) is 11.0. The summed E-state index contributed by atoms with van der Waals surface area (Å²) in [6.45, 7) is 0.220. The van der Waals surface area contributed by atoms with Crippen LogP contribution in [0.25, 0.3) is 0 Å². The minimum absolute atomic E-state index is 0.00468. The van der Waals surface area contributed by atoms with Crippen LogP contribution in [0, 0.1) is 5.92 Å². The van der Waals surface area contributed by atoms with Crippen LogP contribution in [0.3, 0.4) is 0 Å². The zero-order chi connectivity index (χ0) is 15.8. The third kappa shape index (κ3) is 3.55. The summed E-state index contributed by atoms with van der Waals surface area (Å²) in [6, 6.07) is -0.565. The number of carboxylic acid groups (broad SMARTS) is 1. The molecule has 21 heavy (non-hydrogen) atoms. The number of carbonyl (C=O) groups is 1. The fraction of sp³-hybridized carbons (Fsp3) is 0.909. The molecule has 0 spiro atoms. The largest absolute Gasteiger partial charge is 0.481 e. The van der Waals surface area contributed by atoms with Gasteiger partial charge >= 0.3 is 5.97 Å². The van der Waals surface area contributed by atoms with Crippen molar-refractivity contribution in [2.75, 3.05) is 31.6 Å². The van der Waals surface area contributed by atoms with Gasteiger partial charge in [0, 0.05) is 26.2 Å². The Bertz CT molecular complexity index is 615. The number of hydrogen-bond acceptors (Lipinski definition) is 5. The van der Waals surface area contributed by atoms with E-state index < -0.39 is 38.0 Å². The molecule has 2 aliphatic heterocycles. The molecule has 2 rings (SSSR count). The van der Waals surface area contributed by atoms with E-state index >= 15 is 0 Å². The zero-order valence-corrected chi connectivity index (χ0v) is 13.4. The first-order chi connectivity index (χ1) is 9.63. The highest BCUT2D eigenvalue weighted by molar-refractivity contribution is 7.91. The van der Waals surface area contributed by atoms with Gasteiger partial charge in [0.1, 0.15) is 0 Å². The molecule has 0 aromatic heterocycles. The van der Waals surface area contributed by atoms with Crippen molar-refractivity contribution in [2.24, 2.45) is 5.92 Å². The molecule has 2 fully saturated rings. The zero-order valence-electron chi connectivity index (χ0n) is 11.8. The van der Waals surface area contributed by atoms with Gasteiger partial charge in [-0.05, 0) is 19.3 Å². The van der Waals surface area contributed by atoms with Crippen LogP contribution in [0.2, 0.25) is 0 Å². The predicted octanol–water partition coefficient (Wildman–Crippen LogP) is -0.853. The van der Waals surface area contributed by atoms with Crippen LogP contribution >= 0.6 is 0 Å². The van der Waals surface area contributed by atoms with Gasteiger partial charge in [0.25, 0.3) is 10.2 Å². The van der Waals surface area contributed by atoms with E-state index in [2.05, 4.69) is 0 Å². The van der Waals surface area contributed by atoms with Crippen LogP contribution in [-0.4, -0.2) is 74.2 Å². The van der Waals surface area contributed by atoms with Crippen LogP contribution in [-0.2, 0) is 24.8 Å². The SMILES string of the molecule is CN(C1CCS(=O)(=O)C1)S(=O)(=O)N1CCCC(C(=O)O)C1. The molecule has 2 saturated heterocycles. The van der Waals surface area contributed by atoms with Crippen LogP contribution in [0.1, 0.15) is 19.3 Å². The summed E-state index contributed by atoms with van der Waals surface area (Å²) >= 11 is 0. The average molecular weight is 340 g/mol. The van der Waals surface area contributed by atoms with Gasteiger partial charge in [-0.2, -0.15) is 17.0 Å². The normalized spacial score (nSPS) is 30.6. The van der Waals surface area contributed by atoms with Crippen LogP contribution in [0.15, 0.2) is 0 Å². The second-order valence-electron chi connectivity index (χ2n) is 5.62. The Morgan fingerprint density at radius 2 is 2.00 bits per heavy atom. The average Bonchev–Trinajstić information content (AvgIpc) is 2.78. The topological polar surface area (TPSA) is 112 Å². The molecule has 0 aromatic carbocycles. The Balaban J connectivity index is 2.12. The molecule has 8 nitrogen and oxygen atoms in total. The molecular formula is C11H20N2O6S2. The molecule has 2 unspecified atom stereocenters. The van der Waals surface area contributed by atoms with Crippen molar-refractivity contribution in [3.05, 3.63) is 0 Å². The Morgan fingerprint density at radius 3 is 2.52 bits per heavy atom. The lowest BCUT2D eigenvalue weighted by Crippen LogP contribution is -2.51. The lowest BCUT2D eigenvalue weighted by Gasteiger charge is -2.34. The van der Waals surface area contributed by atoms with Crippen LogP contribution in [0.4, 0.5) is 0 Å². The predicted molar refractivity (Wildman–Crippen MR) is 75.7 cm³/mol. The van der Waals surface area contributed by atoms with Crippen molar-refractivity contribution in [2.45, 2.75) is 25.3 Å². The lowest BCUT2D eigenvalue weighted by molar-refractivity contribution is -0.142. The van der Waals surface area contributed by atoms with E-state index in [1.807, 2.05) is 0 Å². The third-order valence-electron chi connectivity index (χ3n) is 4.15. The molecule has 122 valence electrons. The van der Waals surface area contributed by atoms with Crippen LogP contribution in [0.5, 0.6) is 0 Å². The van der Waals surface area contributed by atoms with Gasteiger partial charge < -0.3 is 5.11 Å². The molecule has 1 N–H and O–H groups in total. The van der Waals surface area contributed by atoms with Crippen LogP contribution < -0.4 is 0 Å². The summed E-state index contributed by atoms with van der Waals surface area (Å²) in [6.07, 6.45) is 1.24. The molecule has 0 aliphatic carbocycles. The van der Waals surface area contributed by atoms with Crippen molar-refractivity contribution < 1.29 is 26.7 Å². The quantitative estimate of drug-likeness (QED) is 0.713. The van der Waals surface area contributed by atoms with Gasteiger partial charge in [-0.25, -0.2) is 8.42 Å². The first-order valence-corrected chi connectivity index (χ1v) is 10.0. The van der Waals surface area contributed by atoms with Gasteiger partial charge in [-0.15, -0.1) is 0 Å². The van der Waals surface area contributed by atoms with Crippen molar-refractivity contribution in [1.82, 2.24) is 8.61 Å². The van der Waals surface area contributed by atoms with E-state index in [4.69, 9.17) is 5.11 Å². The Kier molecular flexibility index (Phi) is 4.62. The van der Waals surface area contributed by atoms with Gasteiger partial charge in [0.15, 0.2) is 9.84 Å². The minimum Gasteiger partial charge on any atom is -0.481 e.